The zero-order valence-electron chi connectivity index (χ0n) is 19.2. The molecule has 7 heteroatoms. The molecule has 0 aromatic rings. The molecule has 7 nitrogen and oxygen atoms in total. The number of rotatable bonds is 12. The molecule has 30 heavy (non-hydrogen) atoms. The number of amides is 3. The Labute approximate surface area is 180 Å². The standard InChI is InChI=1S/C23H38N2O5/c1-7-8-9-10-13-17(2)21(27)25-18(19(29-6)16-20(25)26)14-11-12-15-24-22(28)30-23(3,4)5/h7,16-18H,1,8-15H2,2-6H3,(H,24,28)/t17-,18+/m1/s1. The van der Waals surface area contributed by atoms with Gasteiger partial charge >= 0.3 is 6.09 Å². The molecule has 1 N–H and O–H groups in total. The Morgan fingerprint density at radius 1 is 1.27 bits per heavy atom. The van der Waals surface area contributed by atoms with Gasteiger partial charge in [-0.05, 0) is 59.3 Å². The summed E-state index contributed by atoms with van der Waals surface area (Å²) in [5, 5.41) is 2.72. The van der Waals surface area contributed by atoms with Crippen molar-refractivity contribution in [2.24, 2.45) is 5.92 Å². The second kappa shape index (κ2) is 12.4. The Kier molecular flexibility index (Phi) is 10.6. The lowest BCUT2D eigenvalue weighted by molar-refractivity contribution is -0.146. The SMILES string of the molecule is C=CCCCC[C@@H](C)C(=O)N1C(=O)C=C(OC)[C@@H]1CCCCNC(=O)OC(C)(C)C. The predicted molar refractivity (Wildman–Crippen MR) is 117 cm³/mol. The van der Waals surface area contributed by atoms with Crippen LogP contribution in [-0.4, -0.2) is 48.1 Å². The molecular weight excluding hydrogens is 384 g/mol. The highest BCUT2D eigenvalue weighted by Gasteiger charge is 2.39. The summed E-state index contributed by atoms with van der Waals surface area (Å²) < 4.78 is 10.6. The van der Waals surface area contributed by atoms with Gasteiger partial charge < -0.3 is 14.8 Å². The number of allylic oxidation sites excluding steroid dienone is 1. The first kappa shape index (κ1) is 25.7. The van der Waals surface area contributed by atoms with E-state index >= 15 is 0 Å². The largest absolute Gasteiger partial charge is 0.499 e. The van der Waals surface area contributed by atoms with Crippen LogP contribution in [0.15, 0.2) is 24.5 Å². The number of alkyl carbamates (subject to hydrolysis) is 1. The average molecular weight is 423 g/mol. The molecule has 0 saturated heterocycles. The quantitative estimate of drug-likeness (QED) is 0.374. The molecule has 0 aliphatic carbocycles. The van der Waals surface area contributed by atoms with Crippen molar-refractivity contribution >= 4 is 17.9 Å². The first-order chi connectivity index (χ1) is 14.1. The Hall–Kier alpha value is -2.31. The van der Waals surface area contributed by atoms with Gasteiger partial charge in [-0.25, -0.2) is 4.79 Å². The summed E-state index contributed by atoms with van der Waals surface area (Å²) >= 11 is 0. The fourth-order valence-corrected chi connectivity index (χ4v) is 3.36. The van der Waals surface area contributed by atoms with Gasteiger partial charge in [0, 0.05) is 18.5 Å². The molecule has 2 atom stereocenters. The van der Waals surface area contributed by atoms with E-state index in [1.807, 2.05) is 33.8 Å². The number of carbonyl (C=O) groups excluding carboxylic acids is 3. The maximum Gasteiger partial charge on any atom is 0.407 e. The van der Waals surface area contributed by atoms with Gasteiger partial charge in [-0.3, -0.25) is 14.5 Å². The second-order valence-electron chi connectivity index (χ2n) is 8.71. The Balaban J connectivity index is 2.54. The van der Waals surface area contributed by atoms with Crippen molar-refractivity contribution in [1.29, 1.82) is 0 Å². The van der Waals surface area contributed by atoms with Crippen LogP contribution in [0.3, 0.4) is 0 Å². The molecule has 1 rings (SSSR count). The van der Waals surface area contributed by atoms with Crippen LogP contribution in [0.4, 0.5) is 4.79 Å². The van der Waals surface area contributed by atoms with Crippen LogP contribution < -0.4 is 5.32 Å². The van der Waals surface area contributed by atoms with E-state index in [4.69, 9.17) is 9.47 Å². The van der Waals surface area contributed by atoms with E-state index in [2.05, 4.69) is 11.9 Å². The van der Waals surface area contributed by atoms with Crippen LogP contribution in [0.5, 0.6) is 0 Å². The molecular formula is C23H38N2O5. The van der Waals surface area contributed by atoms with Crippen LogP contribution >= 0.6 is 0 Å². The molecule has 0 unspecified atom stereocenters. The third kappa shape index (κ3) is 8.59. The number of nitrogens with zero attached hydrogens (tertiary/aromatic N) is 1. The van der Waals surface area contributed by atoms with Crippen molar-refractivity contribution in [3.05, 3.63) is 24.5 Å². The van der Waals surface area contributed by atoms with Gasteiger partial charge in [0.15, 0.2) is 0 Å². The van der Waals surface area contributed by atoms with Gasteiger partial charge in [-0.2, -0.15) is 0 Å². The van der Waals surface area contributed by atoms with Crippen molar-refractivity contribution in [3.63, 3.8) is 0 Å². The Morgan fingerprint density at radius 2 is 1.97 bits per heavy atom. The number of methoxy groups -OCH3 is 1. The van der Waals surface area contributed by atoms with Crippen molar-refractivity contribution in [2.75, 3.05) is 13.7 Å². The van der Waals surface area contributed by atoms with E-state index in [1.165, 1.54) is 18.1 Å². The first-order valence-electron chi connectivity index (χ1n) is 10.8. The fraction of sp³-hybridized carbons (Fsp3) is 0.696. The zero-order chi connectivity index (χ0) is 22.7. The maximum absolute atomic E-state index is 12.9. The van der Waals surface area contributed by atoms with Crippen LogP contribution in [-0.2, 0) is 19.1 Å². The molecule has 0 spiro atoms. The molecule has 0 aromatic heterocycles. The molecule has 0 radical (unpaired) electrons. The topological polar surface area (TPSA) is 84.9 Å². The number of imide groups is 1. The highest BCUT2D eigenvalue weighted by Crippen LogP contribution is 2.27. The third-order valence-corrected chi connectivity index (χ3v) is 4.91. The van der Waals surface area contributed by atoms with Crippen LogP contribution in [0.2, 0.25) is 0 Å². The van der Waals surface area contributed by atoms with Crippen LogP contribution in [0, 0.1) is 5.92 Å². The smallest absolute Gasteiger partial charge is 0.407 e. The van der Waals surface area contributed by atoms with E-state index in [1.54, 1.807) is 0 Å². The number of hydrogen-bond donors (Lipinski definition) is 1. The summed E-state index contributed by atoms with van der Waals surface area (Å²) in [6, 6.07) is -0.382. The van der Waals surface area contributed by atoms with Crippen molar-refractivity contribution in [1.82, 2.24) is 10.2 Å². The van der Waals surface area contributed by atoms with E-state index in [0.29, 0.717) is 25.1 Å². The number of unbranched alkanes of at least 4 members (excludes halogenated alkanes) is 3. The van der Waals surface area contributed by atoms with Gasteiger partial charge in [0.2, 0.25) is 5.91 Å². The minimum Gasteiger partial charge on any atom is -0.499 e. The summed E-state index contributed by atoms with van der Waals surface area (Å²) in [7, 11) is 1.52. The molecule has 0 saturated carbocycles. The Bertz CT molecular complexity index is 636. The van der Waals surface area contributed by atoms with Gasteiger partial charge in [-0.15, -0.1) is 6.58 Å². The number of carbonyl (C=O) groups is 3. The first-order valence-corrected chi connectivity index (χ1v) is 10.8. The van der Waals surface area contributed by atoms with Gasteiger partial charge in [-0.1, -0.05) is 19.4 Å². The minimum atomic E-state index is -0.532. The molecule has 170 valence electrons. The normalized spacial score (nSPS) is 17.4. The Morgan fingerprint density at radius 3 is 2.57 bits per heavy atom. The molecule has 1 heterocycles. The molecule has 0 fully saturated rings. The van der Waals surface area contributed by atoms with Crippen LogP contribution in [0.25, 0.3) is 0 Å². The lowest BCUT2D eigenvalue weighted by Gasteiger charge is -2.27. The van der Waals surface area contributed by atoms with Crippen molar-refractivity contribution in [2.45, 2.75) is 84.3 Å². The predicted octanol–water partition coefficient (Wildman–Crippen LogP) is 4.33. The van der Waals surface area contributed by atoms with Gasteiger partial charge in [0.1, 0.15) is 11.4 Å². The summed E-state index contributed by atoms with van der Waals surface area (Å²) in [5.74, 6) is -0.169. The maximum atomic E-state index is 12.9. The van der Waals surface area contributed by atoms with Crippen molar-refractivity contribution < 1.29 is 23.9 Å². The summed E-state index contributed by atoms with van der Waals surface area (Å²) in [6.07, 6.45) is 8.45. The third-order valence-electron chi connectivity index (χ3n) is 4.91. The van der Waals surface area contributed by atoms with Gasteiger partial charge in [0.25, 0.3) is 5.91 Å². The van der Waals surface area contributed by atoms with E-state index < -0.39 is 11.7 Å². The number of hydrogen-bond acceptors (Lipinski definition) is 5. The van der Waals surface area contributed by atoms with Crippen LogP contribution in [0.1, 0.15) is 72.6 Å². The highest BCUT2D eigenvalue weighted by atomic mass is 16.6. The second-order valence-corrected chi connectivity index (χ2v) is 8.71. The summed E-state index contributed by atoms with van der Waals surface area (Å²) in [6.45, 7) is 11.5. The molecule has 1 aliphatic rings. The summed E-state index contributed by atoms with van der Waals surface area (Å²) in [4.78, 5) is 38.4. The molecule has 1 aliphatic heterocycles. The van der Waals surface area contributed by atoms with E-state index in [-0.39, 0.29) is 23.8 Å². The van der Waals surface area contributed by atoms with E-state index in [0.717, 1.165) is 32.1 Å². The van der Waals surface area contributed by atoms with Crippen molar-refractivity contribution in [3.8, 4) is 0 Å². The lowest BCUT2D eigenvalue weighted by Crippen LogP contribution is -2.43. The molecule has 3 amide bonds. The van der Waals surface area contributed by atoms with E-state index in [9.17, 15) is 14.4 Å². The van der Waals surface area contributed by atoms with Gasteiger partial charge in [0.05, 0.1) is 13.2 Å². The fourth-order valence-electron chi connectivity index (χ4n) is 3.36. The summed E-state index contributed by atoms with van der Waals surface area (Å²) in [5.41, 5.74) is -0.532. The molecule has 0 aromatic carbocycles. The number of nitrogens with one attached hydrogen (secondary N) is 1. The zero-order valence-corrected chi connectivity index (χ0v) is 19.2. The molecule has 0 bridgehead atoms. The monoisotopic (exact) mass is 422 g/mol. The highest BCUT2D eigenvalue weighted by molar-refractivity contribution is 6.04. The average Bonchev–Trinajstić information content (AvgIpc) is 2.98. The lowest BCUT2D eigenvalue weighted by atomic mass is 10.00. The number of ether oxygens (including phenoxy) is 2. The minimum absolute atomic E-state index is 0.154.